The number of aromatic nitrogens is 3. The zero-order valence-electron chi connectivity index (χ0n) is 12.1. The summed E-state index contributed by atoms with van der Waals surface area (Å²) in [5.41, 5.74) is 2.50. The minimum absolute atomic E-state index is 0.171. The molecule has 3 aromatic rings. The largest absolute Gasteiger partial charge is 0.308 e. The highest BCUT2D eigenvalue weighted by Crippen LogP contribution is 2.32. The van der Waals surface area contributed by atoms with Crippen LogP contribution in [0.1, 0.15) is 23.9 Å². The van der Waals surface area contributed by atoms with Gasteiger partial charge in [-0.25, -0.2) is 14.4 Å². The first kappa shape index (κ1) is 13.8. The van der Waals surface area contributed by atoms with Crippen molar-refractivity contribution < 1.29 is 4.39 Å². The van der Waals surface area contributed by atoms with E-state index < -0.39 is 0 Å². The summed E-state index contributed by atoms with van der Waals surface area (Å²) in [5.74, 6) is 2.98. The molecule has 1 fully saturated rings. The van der Waals surface area contributed by atoms with E-state index in [4.69, 9.17) is 4.98 Å². The molecular formula is C17H16FN3S. The number of thioether (sulfide) groups is 1. The van der Waals surface area contributed by atoms with Crippen LogP contribution in [0.3, 0.4) is 0 Å². The molecule has 1 aliphatic rings. The number of rotatable bonds is 3. The van der Waals surface area contributed by atoms with Gasteiger partial charge in [-0.05, 0) is 35.9 Å². The van der Waals surface area contributed by atoms with Crippen molar-refractivity contribution in [2.45, 2.75) is 18.9 Å². The second-order valence-corrected chi connectivity index (χ2v) is 6.68. The second kappa shape index (κ2) is 5.72. The van der Waals surface area contributed by atoms with Gasteiger partial charge in [-0.1, -0.05) is 18.2 Å². The summed E-state index contributed by atoms with van der Waals surface area (Å²) >= 11 is 1.96. The molecule has 112 valence electrons. The summed E-state index contributed by atoms with van der Waals surface area (Å²) in [7, 11) is 0. The zero-order valence-corrected chi connectivity index (χ0v) is 12.9. The number of benzene rings is 1. The Kier molecular flexibility index (Phi) is 3.58. The Balaban J connectivity index is 1.82. The van der Waals surface area contributed by atoms with Crippen LogP contribution in [0.25, 0.3) is 11.2 Å². The lowest BCUT2D eigenvalue weighted by atomic mass is 10.1. The summed E-state index contributed by atoms with van der Waals surface area (Å²) < 4.78 is 16.2. The van der Waals surface area contributed by atoms with Crippen LogP contribution in [0.2, 0.25) is 0 Å². The first-order valence-corrected chi connectivity index (χ1v) is 8.61. The molecule has 4 rings (SSSR count). The van der Waals surface area contributed by atoms with E-state index in [-0.39, 0.29) is 5.82 Å². The molecule has 0 N–H and O–H groups in total. The van der Waals surface area contributed by atoms with Crippen molar-refractivity contribution in [3.8, 4) is 0 Å². The molecule has 1 aliphatic heterocycles. The lowest BCUT2D eigenvalue weighted by molar-refractivity contribution is 0.546. The van der Waals surface area contributed by atoms with Gasteiger partial charge in [-0.2, -0.15) is 11.8 Å². The highest BCUT2D eigenvalue weighted by atomic mass is 32.2. The molecule has 1 aromatic carbocycles. The van der Waals surface area contributed by atoms with Crippen LogP contribution >= 0.6 is 11.8 Å². The van der Waals surface area contributed by atoms with Gasteiger partial charge < -0.3 is 4.57 Å². The number of fused-ring (bicyclic) bond motifs is 1. The van der Waals surface area contributed by atoms with Gasteiger partial charge in [0.15, 0.2) is 5.65 Å². The average Bonchev–Trinajstić information content (AvgIpc) is 3.16. The van der Waals surface area contributed by atoms with Crippen molar-refractivity contribution in [3.05, 3.63) is 59.8 Å². The van der Waals surface area contributed by atoms with Gasteiger partial charge in [0.25, 0.3) is 0 Å². The molecule has 0 radical (unpaired) electrons. The predicted octanol–water partition coefficient (Wildman–Crippen LogP) is 3.84. The van der Waals surface area contributed by atoms with Crippen molar-refractivity contribution in [3.63, 3.8) is 0 Å². The van der Waals surface area contributed by atoms with E-state index in [1.165, 1.54) is 6.07 Å². The smallest absolute Gasteiger partial charge is 0.160 e. The maximum absolute atomic E-state index is 14.0. The first-order valence-electron chi connectivity index (χ1n) is 7.46. The van der Waals surface area contributed by atoms with Crippen molar-refractivity contribution in [2.75, 3.05) is 11.5 Å². The number of pyridine rings is 1. The summed E-state index contributed by atoms with van der Waals surface area (Å²) in [6.07, 6.45) is 3.43. The number of hydrogen-bond acceptors (Lipinski definition) is 3. The van der Waals surface area contributed by atoms with E-state index >= 15 is 0 Å². The molecule has 5 heteroatoms. The van der Waals surface area contributed by atoms with Crippen LogP contribution in [0.15, 0.2) is 42.6 Å². The monoisotopic (exact) mass is 313 g/mol. The fourth-order valence-electron chi connectivity index (χ4n) is 3.02. The fraction of sp³-hybridized carbons (Fsp3) is 0.294. The van der Waals surface area contributed by atoms with E-state index in [9.17, 15) is 4.39 Å². The van der Waals surface area contributed by atoms with E-state index in [1.807, 2.05) is 36.0 Å². The molecule has 0 bridgehead atoms. The summed E-state index contributed by atoms with van der Waals surface area (Å²) in [6.45, 7) is 0. The van der Waals surface area contributed by atoms with E-state index in [1.54, 1.807) is 12.3 Å². The molecule has 3 heterocycles. The van der Waals surface area contributed by atoms with Gasteiger partial charge in [0.1, 0.15) is 17.2 Å². The molecule has 0 spiro atoms. The van der Waals surface area contributed by atoms with E-state index in [0.29, 0.717) is 18.0 Å². The number of hydrogen-bond donors (Lipinski definition) is 0. The molecular weight excluding hydrogens is 297 g/mol. The maximum atomic E-state index is 14.0. The number of imidazole rings is 1. The Bertz CT molecular complexity index is 809. The Hall–Kier alpha value is -1.88. The molecule has 3 nitrogen and oxygen atoms in total. The van der Waals surface area contributed by atoms with Gasteiger partial charge in [0.2, 0.25) is 0 Å². The quantitative estimate of drug-likeness (QED) is 0.736. The van der Waals surface area contributed by atoms with Crippen LogP contribution < -0.4 is 0 Å². The average molecular weight is 313 g/mol. The van der Waals surface area contributed by atoms with Gasteiger partial charge in [0, 0.05) is 24.4 Å². The Morgan fingerprint density at radius 1 is 1.23 bits per heavy atom. The lowest BCUT2D eigenvalue weighted by Crippen LogP contribution is -2.13. The third-order valence-electron chi connectivity index (χ3n) is 4.10. The Labute approximate surface area is 132 Å². The van der Waals surface area contributed by atoms with E-state index in [2.05, 4.69) is 9.55 Å². The van der Waals surface area contributed by atoms with Crippen molar-refractivity contribution in [1.29, 1.82) is 0 Å². The number of nitrogens with zero attached hydrogens (tertiary/aromatic N) is 3. The second-order valence-electron chi connectivity index (χ2n) is 5.53. The van der Waals surface area contributed by atoms with Crippen LogP contribution in [0.4, 0.5) is 4.39 Å². The molecule has 2 aromatic heterocycles. The normalized spacial score (nSPS) is 18.1. The summed E-state index contributed by atoms with van der Waals surface area (Å²) in [5, 5.41) is 0. The SMILES string of the molecule is Fc1ccccc1Cc1nc2cccnc2n1C1CCSC1. The molecule has 1 unspecified atom stereocenters. The topological polar surface area (TPSA) is 30.7 Å². The number of halogens is 1. The molecule has 0 saturated carbocycles. The van der Waals surface area contributed by atoms with Crippen molar-refractivity contribution in [1.82, 2.24) is 14.5 Å². The van der Waals surface area contributed by atoms with Gasteiger partial charge >= 0.3 is 0 Å². The third-order valence-corrected chi connectivity index (χ3v) is 5.24. The Morgan fingerprint density at radius 2 is 2.14 bits per heavy atom. The third kappa shape index (κ3) is 2.39. The molecule has 1 saturated heterocycles. The molecule has 22 heavy (non-hydrogen) atoms. The minimum atomic E-state index is -0.171. The molecule has 1 atom stereocenters. The van der Waals surface area contributed by atoms with Crippen LogP contribution in [0, 0.1) is 5.82 Å². The van der Waals surface area contributed by atoms with Gasteiger partial charge in [-0.3, -0.25) is 0 Å². The minimum Gasteiger partial charge on any atom is -0.308 e. The Morgan fingerprint density at radius 3 is 2.95 bits per heavy atom. The predicted molar refractivity (Wildman–Crippen MR) is 87.7 cm³/mol. The summed E-state index contributed by atoms with van der Waals surface area (Å²) in [6, 6.07) is 11.2. The molecule has 0 amide bonds. The van der Waals surface area contributed by atoms with Crippen LogP contribution in [-0.2, 0) is 6.42 Å². The lowest BCUT2D eigenvalue weighted by Gasteiger charge is -2.15. The fourth-order valence-corrected chi connectivity index (χ4v) is 4.22. The maximum Gasteiger partial charge on any atom is 0.160 e. The van der Waals surface area contributed by atoms with Gasteiger partial charge in [0.05, 0.1) is 0 Å². The summed E-state index contributed by atoms with van der Waals surface area (Å²) in [4.78, 5) is 9.23. The zero-order chi connectivity index (χ0) is 14.9. The van der Waals surface area contributed by atoms with Crippen LogP contribution in [0.5, 0.6) is 0 Å². The van der Waals surface area contributed by atoms with Crippen molar-refractivity contribution in [2.24, 2.45) is 0 Å². The first-order chi connectivity index (χ1) is 10.8. The highest BCUT2D eigenvalue weighted by Gasteiger charge is 2.24. The van der Waals surface area contributed by atoms with E-state index in [0.717, 1.165) is 34.9 Å². The van der Waals surface area contributed by atoms with Crippen molar-refractivity contribution >= 4 is 22.9 Å². The van der Waals surface area contributed by atoms with Crippen LogP contribution in [-0.4, -0.2) is 26.0 Å². The molecule has 0 aliphatic carbocycles. The van der Waals surface area contributed by atoms with Gasteiger partial charge in [-0.15, -0.1) is 0 Å². The standard InChI is InChI=1S/C17H16FN3S/c18-14-5-2-1-4-12(14)10-16-20-15-6-3-8-19-17(15)21(16)13-7-9-22-11-13/h1-6,8,13H,7,9-11H2. The highest BCUT2D eigenvalue weighted by molar-refractivity contribution is 7.99.